The van der Waals surface area contributed by atoms with E-state index in [-0.39, 0.29) is 17.2 Å². The fourth-order valence-corrected chi connectivity index (χ4v) is 5.27. The maximum absolute atomic E-state index is 13.7. The Morgan fingerprint density at radius 2 is 1.79 bits per heavy atom. The molecule has 0 unspecified atom stereocenters. The van der Waals surface area contributed by atoms with E-state index in [0.717, 1.165) is 35.5 Å². The van der Waals surface area contributed by atoms with Crippen molar-refractivity contribution in [1.82, 2.24) is 4.90 Å². The molecule has 2 heterocycles. The Balaban J connectivity index is 1.38. The summed E-state index contributed by atoms with van der Waals surface area (Å²) < 4.78 is 41.5. The van der Waals surface area contributed by atoms with Gasteiger partial charge in [0.25, 0.3) is 6.43 Å². The number of piperidine rings is 1. The molecule has 0 amide bonds. The predicted molar refractivity (Wildman–Crippen MR) is 136 cm³/mol. The summed E-state index contributed by atoms with van der Waals surface area (Å²) in [6.07, 6.45) is 2.46. The van der Waals surface area contributed by atoms with Gasteiger partial charge in [0.15, 0.2) is 0 Å². The van der Waals surface area contributed by atoms with Gasteiger partial charge in [-0.15, -0.1) is 0 Å². The molecule has 0 atom stereocenters. The van der Waals surface area contributed by atoms with Crippen LogP contribution >= 0.6 is 23.5 Å². The Kier molecular flexibility index (Phi) is 8.92. The SMILES string of the molecule is Fc1ccc(N(Cc2ccc(C3=NN=C(C(F)F)C3)cc2)SCCCN2CCCCC2)cc1Cl. The summed E-state index contributed by atoms with van der Waals surface area (Å²) in [6.45, 7) is 4.05. The van der Waals surface area contributed by atoms with Crippen LogP contribution in [0.1, 0.15) is 43.2 Å². The molecule has 2 aliphatic rings. The standard InChI is InChI=1S/C25H28ClF3N4S/c26-21-15-20(9-10-22(21)27)33(34-14-4-13-32-11-2-1-3-12-32)17-18-5-7-19(8-6-18)23-16-24(25(28)29)31-30-23/h5-10,15,25H,1-4,11-14,16-17H2. The van der Waals surface area contributed by atoms with E-state index in [1.165, 1.54) is 38.4 Å². The van der Waals surface area contributed by atoms with Crippen LogP contribution in [0.4, 0.5) is 18.9 Å². The van der Waals surface area contributed by atoms with Crippen molar-refractivity contribution >= 4 is 40.7 Å². The lowest BCUT2D eigenvalue weighted by molar-refractivity contribution is 0.224. The van der Waals surface area contributed by atoms with Crippen LogP contribution < -0.4 is 4.31 Å². The van der Waals surface area contributed by atoms with Gasteiger partial charge in [-0.1, -0.05) is 42.3 Å². The molecule has 0 radical (unpaired) electrons. The van der Waals surface area contributed by atoms with Crippen molar-refractivity contribution in [2.45, 2.75) is 45.1 Å². The topological polar surface area (TPSA) is 31.2 Å². The van der Waals surface area contributed by atoms with Gasteiger partial charge in [0.1, 0.15) is 11.5 Å². The minimum absolute atomic E-state index is 0.0735. The third kappa shape index (κ3) is 6.77. The number of alkyl halides is 2. The molecule has 9 heteroatoms. The van der Waals surface area contributed by atoms with Crippen LogP contribution in [0, 0.1) is 5.82 Å². The van der Waals surface area contributed by atoms with Gasteiger partial charge in [-0.2, -0.15) is 10.2 Å². The second-order valence-electron chi connectivity index (χ2n) is 8.54. The lowest BCUT2D eigenvalue weighted by atomic mass is 10.0. The summed E-state index contributed by atoms with van der Waals surface area (Å²) in [6, 6.07) is 12.5. The number of benzene rings is 2. The molecular formula is C25H28ClF3N4S. The summed E-state index contributed by atoms with van der Waals surface area (Å²) in [5.74, 6) is 0.501. The zero-order valence-corrected chi connectivity index (χ0v) is 20.5. The number of rotatable bonds is 10. The lowest BCUT2D eigenvalue weighted by Gasteiger charge is -2.27. The van der Waals surface area contributed by atoms with Crippen LogP contribution in [0.15, 0.2) is 52.7 Å². The minimum atomic E-state index is -2.58. The molecule has 1 saturated heterocycles. The number of hydrogen-bond donors (Lipinski definition) is 0. The van der Waals surface area contributed by atoms with Crippen molar-refractivity contribution in [2.75, 3.05) is 29.7 Å². The summed E-state index contributed by atoms with van der Waals surface area (Å²) in [7, 11) is 0. The van der Waals surface area contributed by atoms with E-state index in [1.54, 1.807) is 24.1 Å². The van der Waals surface area contributed by atoms with Crippen molar-refractivity contribution in [2.24, 2.45) is 10.2 Å². The molecule has 0 aromatic heterocycles. The Labute approximate surface area is 208 Å². The normalized spacial score (nSPS) is 16.6. The zero-order chi connectivity index (χ0) is 23.9. The average molecular weight is 509 g/mol. The molecular weight excluding hydrogens is 481 g/mol. The van der Waals surface area contributed by atoms with Crippen molar-refractivity contribution in [3.05, 3.63) is 64.4 Å². The van der Waals surface area contributed by atoms with Crippen LogP contribution in [0.5, 0.6) is 0 Å². The van der Waals surface area contributed by atoms with E-state index in [1.807, 2.05) is 24.3 Å². The van der Waals surface area contributed by atoms with Crippen LogP contribution in [0.2, 0.25) is 5.02 Å². The molecule has 182 valence electrons. The highest BCUT2D eigenvalue weighted by Crippen LogP contribution is 2.30. The number of likely N-dealkylation sites (tertiary alicyclic amines) is 1. The van der Waals surface area contributed by atoms with Crippen LogP contribution in [0.3, 0.4) is 0 Å². The quantitative estimate of drug-likeness (QED) is 0.260. The van der Waals surface area contributed by atoms with Gasteiger partial charge in [0.2, 0.25) is 0 Å². The van der Waals surface area contributed by atoms with E-state index in [4.69, 9.17) is 11.6 Å². The van der Waals surface area contributed by atoms with Gasteiger partial charge in [-0.3, -0.25) is 0 Å². The molecule has 0 saturated carbocycles. The van der Waals surface area contributed by atoms with Gasteiger partial charge in [-0.25, -0.2) is 13.2 Å². The molecule has 2 aromatic rings. The van der Waals surface area contributed by atoms with Crippen molar-refractivity contribution < 1.29 is 13.2 Å². The van der Waals surface area contributed by atoms with Crippen molar-refractivity contribution in [1.29, 1.82) is 0 Å². The number of anilines is 1. The smallest absolute Gasteiger partial charge is 0.278 e. The van der Waals surface area contributed by atoms with Crippen LogP contribution in [-0.4, -0.2) is 48.1 Å². The first-order valence-electron chi connectivity index (χ1n) is 11.6. The molecule has 1 fully saturated rings. The first kappa shape index (κ1) is 25.1. The number of hydrogen-bond acceptors (Lipinski definition) is 5. The predicted octanol–water partition coefficient (Wildman–Crippen LogP) is 6.82. The van der Waals surface area contributed by atoms with Gasteiger partial charge < -0.3 is 9.21 Å². The number of nitrogens with zero attached hydrogens (tertiary/aromatic N) is 4. The van der Waals surface area contributed by atoms with E-state index >= 15 is 0 Å². The maximum atomic E-state index is 13.7. The Morgan fingerprint density at radius 3 is 2.47 bits per heavy atom. The summed E-state index contributed by atoms with van der Waals surface area (Å²) >= 11 is 7.76. The highest BCUT2D eigenvalue weighted by molar-refractivity contribution is 8.00. The summed E-state index contributed by atoms with van der Waals surface area (Å²) in [5, 5.41) is 7.60. The van der Waals surface area contributed by atoms with E-state index in [9.17, 15) is 13.2 Å². The van der Waals surface area contributed by atoms with E-state index in [0.29, 0.717) is 12.3 Å². The fraction of sp³-hybridized carbons (Fsp3) is 0.440. The van der Waals surface area contributed by atoms with Gasteiger partial charge >= 0.3 is 0 Å². The van der Waals surface area contributed by atoms with Gasteiger partial charge in [0.05, 0.1) is 17.3 Å². The monoisotopic (exact) mass is 508 g/mol. The average Bonchev–Trinajstić information content (AvgIpc) is 3.35. The second kappa shape index (κ2) is 12.1. The first-order chi connectivity index (χ1) is 16.5. The summed E-state index contributed by atoms with van der Waals surface area (Å²) in [4.78, 5) is 2.52. The van der Waals surface area contributed by atoms with Gasteiger partial charge in [-0.05, 0) is 80.2 Å². The molecule has 0 bridgehead atoms. The summed E-state index contributed by atoms with van der Waals surface area (Å²) in [5.41, 5.74) is 3.03. The molecule has 0 spiro atoms. The van der Waals surface area contributed by atoms with E-state index < -0.39 is 12.2 Å². The minimum Gasteiger partial charge on any atom is -0.312 e. The first-order valence-corrected chi connectivity index (χ1v) is 12.9. The van der Waals surface area contributed by atoms with Gasteiger partial charge in [0, 0.05) is 17.9 Å². The Hall–Kier alpha value is -2.03. The highest BCUT2D eigenvalue weighted by Gasteiger charge is 2.22. The molecule has 2 aromatic carbocycles. The molecule has 4 nitrogen and oxygen atoms in total. The molecule has 0 N–H and O–H groups in total. The molecule has 2 aliphatic heterocycles. The second-order valence-corrected chi connectivity index (χ2v) is 10.1. The van der Waals surface area contributed by atoms with Crippen LogP contribution in [-0.2, 0) is 6.54 Å². The fourth-order valence-electron chi connectivity index (χ4n) is 4.11. The van der Waals surface area contributed by atoms with Crippen molar-refractivity contribution in [3.8, 4) is 0 Å². The lowest BCUT2D eigenvalue weighted by Crippen LogP contribution is -2.31. The third-order valence-electron chi connectivity index (χ3n) is 6.02. The Bertz CT molecular complexity index is 1020. The highest BCUT2D eigenvalue weighted by atomic mass is 35.5. The third-order valence-corrected chi connectivity index (χ3v) is 7.43. The van der Waals surface area contributed by atoms with Crippen LogP contribution in [0.25, 0.3) is 0 Å². The maximum Gasteiger partial charge on any atom is 0.278 e. The Morgan fingerprint density at radius 1 is 1.03 bits per heavy atom. The van der Waals surface area contributed by atoms with Crippen molar-refractivity contribution in [3.63, 3.8) is 0 Å². The number of halogens is 4. The molecule has 34 heavy (non-hydrogen) atoms. The zero-order valence-electron chi connectivity index (χ0n) is 18.9. The molecule has 4 rings (SSSR count). The molecule has 0 aliphatic carbocycles. The van der Waals surface area contributed by atoms with E-state index in [2.05, 4.69) is 19.4 Å². The largest absolute Gasteiger partial charge is 0.312 e.